The predicted octanol–water partition coefficient (Wildman–Crippen LogP) is 6.21. The molecule has 7 heteroatoms. The van der Waals surface area contributed by atoms with Crippen LogP contribution in [-0.4, -0.2) is 27.4 Å². The number of rotatable bonds is 10. The average Bonchev–Trinajstić information content (AvgIpc) is 3.30. The van der Waals surface area contributed by atoms with Gasteiger partial charge < -0.3 is 9.30 Å². The minimum atomic E-state index is -0.192. The molecule has 0 fully saturated rings. The standard InChI is InChI=1S/C31H28N4O2S/c1-23-11-13-25(14-12-23)20-35-29-10-6-5-9-28(29)33-31(35)38-22-30(36)34-32-19-24-15-17-27(18-16-24)37-21-26-7-3-2-4-8-26/h2-19H,20-22H2,1H3,(H,34,36)/b32-19-. The molecule has 0 bridgehead atoms. The van der Waals surface area contributed by atoms with Gasteiger partial charge >= 0.3 is 0 Å². The van der Waals surface area contributed by atoms with E-state index in [1.807, 2.05) is 72.8 Å². The molecular weight excluding hydrogens is 492 g/mol. The van der Waals surface area contributed by atoms with Crippen LogP contribution in [0, 0.1) is 6.92 Å². The fourth-order valence-electron chi connectivity index (χ4n) is 3.92. The van der Waals surface area contributed by atoms with Crippen molar-refractivity contribution < 1.29 is 9.53 Å². The van der Waals surface area contributed by atoms with Crippen molar-refractivity contribution in [3.8, 4) is 5.75 Å². The highest BCUT2D eigenvalue weighted by atomic mass is 32.2. The Morgan fingerprint density at radius 1 is 0.921 bits per heavy atom. The molecule has 5 aromatic rings. The van der Waals surface area contributed by atoms with Crippen LogP contribution >= 0.6 is 11.8 Å². The van der Waals surface area contributed by atoms with Crippen molar-refractivity contribution >= 4 is 34.9 Å². The van der Waals surface area contributed by atoms with E-state index >= 15 is 0 Å². The van der Waals surface area contributed by atoms with E-state index in [-0.39, 0.29) is 11.7 Å². The zero-order chi connectivity index (χ0) is 26.2. The molecule has 1 heterocycles. The van der Waals surface area contributed by atoms with Crippen molar-refractivity contribution in [1.82, 2.24) is 15.0 Å². The molecule has 1 amide bonds. The lowest BCUT2D eigenvalue weighted by molar-refractivity contribution is -0.118. The highest BCUT2D eigenvalue weighted by molar-refractivity contribution is 7.99. The molecular formula is C31H28N4O2S. The van der Waals surface area contributed by atoms with Gasteiger partial charge in [0.15, 0.2) is 5.16 Å². The third kappa shape index (κ3) is 6.69. The first-order chi connectivity index (χ1) is 18.6. The smallest absolute Gasteiger partial charge is 0.250 e. The van der Waals surface area contributed by atoms with E-state index in [9.17, 15) is 4.79 Å². The summed E-state index contributed by atoms with van der Waals surface area (Å²) in [5.74, 6) is 0.795. The van der Waals surface area contributed by atoms with Gasteiger partial charge in [-0.2, -0.15) is 5.10 Å². The van der Waals surface area contributed by atoms with Gasteiger partial charge in [0.25, 0.3) is 5.91 Å². The van der Waals surface area contributed by atoms with Crippen LogP contribution in [0.1, 0.15) is 22.3 Å². The van der Waals surface area contributed by atoms with Crippen molar-refractivity contribution in [2.45, 2.75) is 25.2 Å². The Hall–Kier alpha value is -4.36. The number of carbonyl (C=O) groups excluding carboxylic acids is 1. The van der Waals surface area contributed by atoms with Crippen molar-refractivity contribution in [2.75, 3.05) is 5.75 Å². The van der Waals surface area contributed by atoms with Gasteiger partial charge in [0, 0.05) is 0 Å². The first-order valence-corrected chi connectivity index (χ1v) is 13.3. The first kappa shape index (κ1) is 25.3. The number of aryl methyl sites for hydroxylation is 1. The number of nitrogens with zero attached hydrogens (tertiary/aromatic N) is 3. The van der Waals surface area contributed by atoms with Crippen LogP contribution in [0.15, 0.2) is 113 Å². The van der Waals surface area contributed by atoms with Crippen LogP contribution in [0.2, 0.25) is 0 Å². The van der Waals surface area contributed by atoms with Crippen molar-refractivity contribution in [3.63, 3.8) is 0 Å². The molecule has 1 N–H and O–H groups in total. The Morgan fingerprint density at radius 2 is 1.66 bits per heavy atom. The molecule has 4 aromatic carbocycles. The van der Waals surface area contributed by atoms with Crippen LogP contribution in [0.3, 0.4) is 0 Å². The van der Waals surface area contributed by atoms with Crippen LogP contribution in [0.4, 0.5) is 0 Å². The highest BCUT2D eigenvalue weighted by Gasteiger charge is 2.13. The maximum absolute atomic E-state index is 12.5. The molecule has 0 aliphatic rings. The number of aromatic nitrogens is 2. The van der Waals surface area contributed by atoms with Gasteiger partial charge in [-0.25, -0.2) is 10.4 Å². The van der Waals surface area contributed by atoms with Gasteiger partial charge in [-0.05, 0) is 60.0 Å². The predicted molar refractivity (Wildman–Crippen MR) is 154 cm³/mol. The number of carbonyl (C=O) groups is 1. The monoisotopic (exact) mass is 520 g/mol. The van der Waals surface area contributed by atoms with Crippen molar-refractivity contribution in [1.29, 1.82) is 0 Å². The Kier molecular flexibility index (Phi) is 8.16. The molecule has 0 saturated heterocycles. The van der Waals surface area contributed by atoms with E-state index in [1.54, 1.807) is 6.21 Å². The van der Waals surface area contributed by atoms with Crippen molar-refractivity contribution in [2.24, 2.45) is 5.10 Å². The van der Waals surface area contributed by atoms with Gasteiger partial charge in [-0.3, -0.25) is 4.79 Å². The van der Waals surface area contributed by atoms with Gasteiger partial charge in [-0.1, -0.05) is 84.1 Å². The summed E-state index contributed by atoms with van der Waals surface area (Å²) in [4.78, 5) is 17.3. The van der Waals surface area contributed by atoms with E-state index in [2.05, 4.69) is 52.3 Å². The normalized spacial score (nSPS) is 11.2. The number of hydrogen-bond donors (Lipinski definition) is 1. The van der Waals surface area contributed by atoms with E-state index in [4.69, 9.17) is 9.72 Å². The average molecular weight is 521 g/mol. The molecule has 0 saturated carbocycles. The van der Waals surface area contributed by atoms with Crippen LogP contribution in [-0.2, 0) is 17.9 Å². The lowest BCUT2D eigenvalue weighted by Gasteiger charge is -2.09. The third-order valence-corrected chi connectivity index (χ3v) is 6.92. The molecule has 6 nitrogen and oxygen atoms in total. The molecule has 0 aliphatic carbocycles. The summed E-state index contributed by atoms with van der Waals surface area (Å²) in [5.41, 5.74) is 8.97. The van der Waals surface area contributed by atoms with Crippen LogP contribution in [0.25, 0.3) is 11.0 Å². The molecule has 0 unspecified atom stereocenters. The summed E-state index contributed by atoms with van der Waals surface area (Å²) in [6.07, 6.45) is 1.62. The second-order valence-corrected chi connectivity index (χ2v) is 9.82. The number of hydrogen-bond acceptors (Lipinski definition) is 5. The van der Waals surface area contributed by atoms with Gasteiger partial charge in [0.05, 0.1) is 29.5 Å². The summed E-state index contributed by atoms with van der Waals surface area (Å²) in [5, 5.41) is 4.92. The minimum absolute atomic E-state index is 0.192. The molecule has 0 aliphatic heterocycles. The largest absolute Gasteiger partial charge is 0.489 e. The number of nitrogens with one attached hydrogen (secondary N) is 1. The number of hydrazone groups is 1. The number of ether oxygens (including phenoxy) is 1. The zero-order valence-electron chi connectivity index (χ0n) is 21.1. The SMILES string of the molecule is Cc1ccc(Cn2c(SCC(=O)N/N=C\c3ccc(OCc4ccccc4)cc3)nc3ccccc32)cc1. The summed E-state index contributed by atoms with van der Waals surface area (Å²) < 4.78 is 7.97. The highest BCUT2D eigenvalue weighted by Crippen LogP contribution is 2.25. The van der Waals surface area contributed by atoms with Gasteiger partial charge in [0.2, 0.25) is 0 Å². The van der Waals surface area contributed by atoms with Crippen LogP contribution < -0.4 is 10.2 Å². The fraction of sp³-hybridized carbons (Fsp3) is 0.129. The Bertz CT molecular complexity index is 1530. The Balaban J connectivity index is 1.15. The number of thioether (sulfide) groups is 1. The summed E-state index contributed by atoms with van der Waals surface area (Å²) in [7, 11) is 0. The number of benzene rings is 4. The molecule has 0 radical (unpaired) electrons. The molecule has 5 rings (SSSR count). The maximum atomic E-state index is 12.5. The lowest BCUT2D eigenvalue weighted by atomic mass is 10.1. The molecule has 0 atom stereocenters. The van der Waals surface area contributed by atoms with Crippen LogP contribution in [0.5, 0.6) is 5.75 Å². The number of para-hydroxylation sites is 2. The molecule has 38 heavy (non-hydrogen) atoms. The second kappa shape index (κ2) is 12.3. The topological polar surface area (TPSA) is 68.5 Å². The fourth-order valence-corrected chi connectivity index (χ4v) is 4.73. The van der Waals surface area contributed by atoms with E-state index in [0.717, 1.165) is 33.1 Å². The molecule has 0 spiro atoms. The molecule has 1 aromatic heterocycles. The first-order valence-electron chi connectivity index (χ1n) is 12.4. The number of fused-ring (bicyclic) bond motifs is 1. The van der Waals surface area contributed by atoms with E-state index < -0.39 is 0 Å². The third-order valence-electron chi connectivity index (χ3n) is 5.94. The summed E-state index contributed by atoms with van der Waals surface area (Å²) in [6.45, 7) is 3.28. The van der Waals surface area contributed by atoms with Crippen molar-refractivity contribution in [3.05, 3.63) is 125 Å². The second-order valence-electron chi connectivity index (χ2n) is 8.88. The quantitative estimate of drug-likeness (QED) is 0.135. The minimum Gasteiger partial charge on any atom is -0.489 e. The molecule has 190 valence electrons. The Morgan fingerprint density at radius 3 is 2.45 bits per heavy atom. The Labute approximate surface area is 226 Å². The van der Waals surface area contributed by atoms with E-state index in [1.165, 1.54) is 22.9 Å². The van der Waals surface area contributed by atoms with Gasteiger partial charge in [0.1, 0.15) is 12.4 Å². The number of imidazole rings is 1. The van der Waals surface area contributed by atoms with Gasteiger partial charge in [-0.15, -0.1) is 0 Å². The summed E-state index contributed by atoms with van der Waals surface area (Å²) >= 11 is 1.40. The van der Waals surface area contributed by atoms with E-state index in [0.29, 0.717) is 13.2 Å². The summed E-state index contributed by atoms with van der Waals surface area (Å²) in [6, 6.07) is 34.1. The zero-order valence-corrected chi connectivity index (χ0v) is 21.9. The lowest BCUT2D eigenvalue weighted by Crippen LogP contribution is -2.20. The number of amides is 1. The maximum Gasteiger partial charge on any atom is 0.250 e.